The van der Waals surface area contributed by atoms with Gasteiger partial charge in [-0.25, -0.2) is 8.78 Å². The molecule has 29 heavy (non-hydrogen) atoms. The third kappa shape index (κ3) is 3.65. The molecule has 0 spiro atoms. The van der Waals surface area contributed by atoms with Gasteiger partial charge in [0.25, 0.3) is 5.91 Å². The summed E-state index contributed by atoms with van der Waals surface area (Å²) >= 11 is 0. The maximum Gasteiger partial charge on any atom is 0.258 e. The van der Waals surface area contributed by atoms with Crippen LogP contribution in [0.5, 0.6) is 11.5 Å². The van der Waals surface area contributed by atoms with Crippen molar-refractivity contribution in [2.24, 2.45) is 0 Å². The second-order valence-corrected chi connectivity index (χ2v) is 6.78. The highest BCUT2D eigenvalue weighted by atomic mass is 19.1. The van der Waals surface area contributed by atoms with Crippen molar-refractivity contribution in [3.8, 4) is 22.8 Å². The molecule has 0 atom stereocenters. The lowest BCUT2D eigenvalue weighted by molar-refractivity contribution is 0.102. The van der Waals surface area contributed by atoms with E-state index >= 15 is 0 Å². The Kier molecular flexibility index (Phi) is 4.92. The molecule has 1 heterocycles. The maximum atomic E-state index is 14.1. The van der Waals surface area contributed by atoms with Gasteiger partial charge in [0.2, 0.25) is 0 Å². The van der Waals surface area contributed by atoms with E-state index in [-0.39, 0.29) is 11.5 Å². The van der Waals surface area contributed by atoms with Gasteiger partial charge in [-0.05, 0) is 43.2 Å². The second-order valence-electron chi connectivity index (χ2n) is 6.78. The molecule has 1 aliphatic carbocycles. The van der Waals surface area contributed by atoms with Crippen molar-refractivity contribution in [1.29, 1.82) is 0 Å². The lowest BCUT2D eigenvalue weighted by Gasteiger charge is -2.11. The zero-order valence-electron chi connectivity index (χ0n) is 15.9. The number of ether oxygens (including phenoxy) is 2. The summed E-state index contributed by atoms with van der Waals surface area (Å²) in [6.07, 6.45) is 1.95. The van der Waals surface area contributed by atoms with Crippen LogP contribution >= 0.6 is 0 Å². The highest BCUT2D eigenvalue weighted by molar-refractivity contribution is 6.06. The summed E-state index contributed by atoms with van der Waals surface area (Å²) in [6.45, 7) is 0. The van der Waals surface area contributed by atoms with Crippen LogP contribution in [-0.4, -0.2) is 30.3 Å². The first kappa shape index (κ1) is 18.9. The van der Waals surface area contributed by atoms with Crippen molar-refractivity contribution in [1.82, 2.24) is 10.2 Å². The zero-order chi connectivity index (χ0) is 20.5. The Bertz CT molecular complexity index is 1080. The Balaban J connectivity index is 1.73. The van der Waals surface area contributed by atoms with Gasteiger partial charge in [0, 0.05) is 17.5 Å². The molecule has 0 unspecified atom stereocenters. The molecule has 1 aromatic heterocycles. The number of hydrogen-bond acceptors (Lipinski definition) is 4. The molecule has 2 N–H and O–H groups in total. The number of carbonyl (C=O) groups is 1. The van der Waals surface area contributed by atoms with Crippen LogP contribution in [0.15, 0.2) is 36.4 Å². The molecule has 0 aliphatic heterocycles. The number of methoxy groups -OCH3 is 2. The van der Waals surface area contributed by atoms with Crippen LogP contribution in [0.25, 0.3) is 11.3 Å². The van der Waals surface area contributed by atoms with Crippen LogP contribution in [0.1, 0.15) is 34.8 Å². The van der Waals surface area contributed by atoms with Gasteiger partial charge in [0.05, 0.1) is 31.2 Å². The summed E-state index contributed by atoms with van der Waals surface area (Å²) in [4.78, 5) is 12.7. The van der Waals surface area contributed by atoms with Gasteiger partial charge in [0.15, 0.2) is 11.5 Å². The largest absolute Gasteiger partial charge is 0.493 e. The number of nitrogens with one attached hydrogen (secondary N) is 2. The number of nitrogens with zero attached hydrogens (tertiary/aromatic N) is 1. The molecule has 150 valence electrons. The van der Waals surface area contributed by atoms with Crippen molar-refractivity contribution in [3.05, 3.63) is 59.3 Å². The highest BCUT2D eigenvalue weighted by Crippen LogP contribution is 2.46. The van der Waals surface area contributed by atoms with Gasteiger partial charge in [-0.1, -0.05) is 0 Å². The van der Waals surface area contributed by atoms with E-state index in [9.17, 15) is 13.6 Å². The number of carbonyl (C=O) groups excluding carboxylic acids is 1. The summed E-state index contributed by atoms with van der Waals surface area (Å²) in [7, 11) is 3.07. The monoisotopic (exact) mass is 399 g/mol. The normalized spacial score (nSPS) is 13.2. The molecular weight excluding hydrogens is 380 g/mol. The first-order chi connectivity index (χ1) is 14.0. The summed E-state index contributed by atoms with van der Waals surface area (Å²) < 4.78 is 37.8. The molecule has 1 saturated carbocycles. The third-order valence-electron chi connectivity index (χ3n) is 4.85. The molecule has 0 bridgehead atoms. The maximum absolute atomic E-state index is 14.1. The number of aromatic nitrogens is 2. The standard InChI is InChI=1S/C21H19F2N3O3/c1-28-16-8-5-12(9-17(16)29-2)19-20(18(25-26-19)11-3-4-11)24-21(27)14-7-6-13(22)10-15(14)23/h5-11H,3-4H2,1-2H3,(H,24,27)(H,25,26). The van der Waals surface area contributed by atoms with Crippen molar-refractivity contribution in [2.75, 3.05) is 19.5 Å². The average molecular weight is 399 g/mol. The zero-order valence-corrected chi connectivity index (χ0v) is 15.9. The fourth-order valence-corrected chi connectivity index (χ4v) is 3.20. The predicted octanol–water partition coefficient (Wildman–Crippen LogP) is 4.50. The van der Waals surface area contributed by atoms with Gasteiger partial charge in [0.1, 0.15) is 17.3 Å². The lowest BCUT2D eigenvalue weighted by atomic mass is 10.1. The molecule has 2 aromatic carbocycles. The molecule has 3 aromatic rings. The average Bonchev–Trinajstić information content (AvgIpc) is 3.48. The first-order valence-corrected chi connectivity index (χ1v) is 9.09. The van der Waals surface area contributed by atoms with E-state index in [1.165, 1.54) is 7.11 Å². The molecule has 8 heteroatoms. The molecule has 0 radical (unpaired) electrons. The van der Waals surface area contributed by atoms with Crippen molar-refractivity contribution < 1.29 is 23.0 Å². The van der Waals surface area contributed by atoms with Crippen molar-refractivity contribution in [3.63, 3.8) is 0 Å². The van der Waals surface area contributed by atoms with E-state index in [1.807, 2.05) is 0 Å². The smallest absolute Gasteiger partial charge is 0.258 e. The quantitative estimate of drug-likeness (QED) is 0.640. The minimum absolute atomic E-state index is 0.243. The fraction of sp³-hybridized carbons (Fsp3) is 0.238. The second kappa shape index (κ2) is 7.54. The molecular formula is C21H19F2N3O3. The molecule has 1 fully saturated rings. The summed E-state index contributed by atoms with van der Waals surface area (Å²) in [5.74, 6) is -1.01. The van der Waals surface area contributed by atoms with Crippen LogP contribution in [0.3, 0.4) is 0 Å². The number of hydrogen-bond donors (Lipinski definition) is 2. The molecule has 4 rings (SSSR count). The van der Waals surface area contributed by atoms with Gasteiger partial charge < -0.3 is 14.8 Å². The number of H-pyrrole nitrogens is 1. The summed E-state index contributed by atoms with van der Waals surface area (Å²) in [5, 5.41) is 10.1. The van der Waals surface area contributed by atoms with E-state index in [1.54, 1.807) is 25.3 Å². The van der Waals surface area contributed by atoms with E-state index in [4.69, 9.17) is 9.47 Å². The molecule has 6 nitrogen and oxygen atoms in total. The Morgan fingerprint density at radius 1 is 1.10 bits per heavy atom. The van der Waals surface area contributed by atoms with Crippen LogP contribution in [-0.2, 0) is 0 Å². The lowest BCUT2D eigenvalue weighted by Crippen LogP contribution is -2.15. The van der Waals surface area contributed by atoms with Crippen LogP contribution in [0.2, 0.25) is 0 Å². The fourth-order valence-electron chi connectivity index (χ4n) is 3.20. The number of aromatic amines is 1. The van der Waals surface area contributed by atoms with Crippen LogP contribution < -0.4 is 14.8 Å². The van der Waals surface area contributed by atoms with Crippen LogP contribution in [0, 0.1) is 11.6 Å². The molecule has 1 amide bonds. The number of amides is 1. The molecule has 0 saturated heterocycles. The van der Waals surface area contributed by atoms with E-state index < -0.39 is 17.5 Å². The minimum Gasteiger partial charge on any atom is -0.493 e. The SMILES string of the molecule is COc1ccc(-c2n[nH]c(C3CC3)c2NC(=O)c2ccc(F)cc2F)cc1OC. The van der Waals surface area contributed by atoms with E-state index in [2.05, 4.69) is 15.5 Å². The summed E-state index contributed by atoms with van der Waals surface area (Å²) in [5.41, 5.74) is 2.22. The predicted molar refractivity (Wildman–Crippen MR) is 103 cm³/mol. The highest BCUT2D eigenvalue weighted by Gasteiger charge is 2.31. The minimum atomic E-state index is -0.924. The number of anilines is 1. The Labute approximate surface area is 165 Å². The van der Waals surface area contributed by atoms with Crippen molar-refractivity contribution >= 4 is 11.6 Å². The number of rotatable bonds is 6. The van der Waals surface area contributed by atoms with Gasteiger partial charge in [-0.2, -0.15) is 5.10 Å². The molecule has 1 aliphatic rings. The van der Waals surface area contributed by atoms with Crippen molar-refractivity contribution in [2.45, 2.75) is 18.8 Å². The van der Waals surface area contributed by atoms with Gasteiger partial charge >= 0.3 is 0 Å². The Hall–Kier alpha value is -3.42. The van der Waals surface area contributed by atoms with E-state index in [0.29, 0.717) is 34.5 Å². The van der Waals surface area contributed by atoms with E-state index in [0.717, 1.165) is 30.7 Å². The number of halogens is 2. The Morgan fingerprint density at radius 3 is 2.52 bits per heavy atom. The first-order valence-electron chi connectivity index (χ1n) is 9.09. The Morgan fingerprint density at radius 2 is 1.86 bits per heavy atom. The van der Waals surface area contributed by atoms with Gasteiger partial charge in [-0.15, -0.1) is 0 Å². The van der Waals surface area contributed by atoms with Gasteiger partial charge in [-0.3, -0.25) is 9.89 Å². The summed E-state index contributed by atoms with van der Waals surface area (Å²) in [6, 6.07) is 8.13. The topological polar surface area (TPSA) is 76.2 Å². The number of benzene rings is 2. The third-order valence-corrected chi connectivity index (χ3v) is 4.85. The van der Waals surface area contributed by atoms with Crippen LogP contribution in [0.4, 0.5) is 14.5 Å².